The van der Waals surface area contributed by atoms with Crippen molar-refractivity contribution >= 4 is 22.1 Å². The Morgan fingerprint density at radius 2 is 1.36 bits per heavy atom. The number of ether oxygens (including phenoxy) is 2. The first-order valence-corrected chi connectivity index (χ1v) is 15.0. The van der Waals surface area contributed by atoms with E-state index >= 15 is 0 Å². The molecule has 0 spiro atoms. The van der Waals surface area contributed by atoms with Gasteiger partial charge in [0, 0.05) is 23.7 Å². The first-order valence-electron chi connectivity index (χ1n) is 13.5. The average Bonchev–Trinajstić information content (AvgIpc) is 3.56. The maximum absolute atomic E-state index is 13.9. The van der Waals surface area contributed by atoms with Crippen molar-refractivity contribution in [1.82, 2.24) is 0 Å². The summed E-state index contributed by atoms with van der Waals surface area (Å²) in [6, 6.07) is 25.1. The number of carbonyl (C=O) groups is 2. The van der Waals surface area contributed by atoms with E-state index in [1.165, 1.54) is 11.1 Å². The fourth-order valence-corrected chi connectivity index (χ4v) is 10.3. The molecule has 3 aromatic rings. The van der Waals surface area contributed by atoms with Crippen molar-refractivity contribution < 1.29 is 31.7 Å². The third-order valence-electron chi connectivity index (χ3n) is 9.62. The van der Waals surface area contributed by atoms with Gasteiger partial charge in [-0.15, -0.1) is 0 Å². The SMILES string of the molecule is O=C(OC1C2CC3C1OS(=O)(=O)C3C2C(=O)Oc1ccccc1)C1CC2c3ccccc3C1c1ccccc12. The van der Waals surface area contributed by atoms with E-state index in [4.69, 9.17) is 13.7 Å². The smallest absolute Gasteiger partial charge is 0.316 e. The van der Waals surface area contributed by atoms with Gasteiger partial charge >= 0.3 is 11.9 Å². The summed E-state index contributed by atoms with van der Waals surface area (Å²) in [6.45, 7) is 0. The van der Waals surface area contributed by atoms with Gasteiger partial charge in [0.15, 0.2) is 0 Å². The molecule has 3 fully saturated rings. The number of hydrogen-bond donors (Lipinski definition) is 0. The van der Waals surface area contributed by atoms with Crippen LogP contribution in [0.3, 0.4) is 0 Å². The van der Waals surface area contributed by atoms with E-state index < -0.39 is 57.2 Å². The van der Waals surface area contributed by atoms with E-state index in [9.17, 15) is 18.0 Å². The number of esters is 2. The van der Waals surface area contributed by atoms with E-state index in [1.807, 2.05) is 24.3 Å². The van der Waals surface area contributed by atoms with Crippen molar-refractivity contribution in [2.24, 2.45) is 23.7 Å². The van der Waals surface area contributed by atoms with Crippen LogP contribution >= 0.6 is 0 Å². The molecule has 7 unspecified atom stereocenters. The number of para-hydroxylation sites is 1. The molecule has 0 amide bonds. The molecule has 1 aliphatic heterocycles. The summed E-state index contributed by atoms with van der Waals surface area (Å²) >= 11 is 0. The van der Waals surface area contributed by atoms with Gasteiger partial charge in [-0.25, -0.2) is 0 Å². The minimum absolute atomic E-state index is 0.0982. The molecule has 6 aliphatic rings. The molecule has 39 heavy (non-hydrogen) atoms. The molecule has 9 rings (SSSR count). The van der Waals surface area contributed by atoms with Gasteiger partial charge in [-0.05, 0) is 47.2 Å². The van der Waals surface area contributed by atoms with Crippen molar-refractivity contribution in [2.45, 2.75) is 42.1 Å². The van der Waals surface area contributed by atoms with E-state index in [-0.39, 0.29) is 17.8 Å². The Balaban J connectivity index is 1.10. The molecule has 0 radical (unpaired) electrons. The Hall–Kier alpha value is -3.49. The molecule has 1 heterocycles. The molecule has 8 heteroatoms. The predicted octanol–water partition coefficient (Wildman–Crippen LogP) is 4.16. The van der Waals surface area contributed by atoms with E-state index in [0.29, 0.717) is 18.6 Å². The van der Waals surface area contributed by atoms with Crippen LogP contribution in [0.2, 0.25) is 0 Å². The average molecular weight is 543 g/mol. The molecule has 4 bridgehead atoms. The van der Waals surface area contributed by atoms with Gasteiger partial charge < -0.3 is 9.47 Å². The summed E-state index contributed by atoms with van der Waals surface area (Å²) in [5.74, 6) is -2.86. The Morgan fingerprint density at radius 1 is 0.744 bits per heavy atom. The summed E-state index contributed by atoms with van der Waals surface area (Å²) in [5, 5.41) is -0.969. The third-order valence-corrected chi connectivity index (χ3v) is 11.4. The molecular weight excluding hydrogens is 516 g/mol. The number of hydrogen-bond acceptors (Lipinski definition) is 7. The Morgan fingerprint density at radius 3 is 2.03 bits per heavy atom. The van der Waals surface area contributed by atoms with Gasteiger partial charge in [-0.1, -0.05) is 66.7 Å². The van der Waals surface area contributed by atoms with Crippen LogP contribution in [0, 0.1) is 23.7 Å². The zero-order chi connectivity index (χ0) is 26.5. The van der Waals surface area contributed by atoms with Gasteiger partial charge in [-0.3, -0.25) is 13.8 Å². The van der Waals surface area contributed by atoms with Crippen molar-refractivity contribution in [3.05, 3.63) is 101 Å². The molecule has 0 N–H and O–H groups in total. The van der Waals surface area contributed by atoms with Crippen LogP contribution in [0.1, 0.15) is 46.9 Å². The number of carbonyl (C=O) groups excluding carboxylic acids is 2. The first-order chi connectivity index (χ1) is 18.9. The second-order valence-electron chi connectivity index (χ2n) is 11.4. The lowest BCUT2D eigenvalue weighted by Gasteiger charge is -2.45. The Bertz CT molecular complexity index is 1570. The van der Waals surface area contributed by atoms with Gasteiger partial charge in [-0.2, -0.15) is 8.42 Å². The zero-order valence-electron chi connectivity index (χ0n) is 20.9. The van der Waals surface area contributed by atoms with Crippen molar-refractivity contribution in [2.75, 3.05) is 0 Å². The molecule has 198 valence electrons. The van der Waals surface area contributed by atoms with Crippen LogP contribution in [0.5, 0.6) is 5.75 Å². The fraction of sp³-hybridized carbons (Fsp3) is 0.355. The summed E-state index contributed by atoms with van der Waals surface area (Å²) in [4.78, 5) is 27.2. The molecule has 7 nitrogen and oxygen atoms in total. The second-order valence-corrected chi connectivity index (χ2v) is 13.1. The standard InChI is InChI=1S/C31H26O7S/c32-30(23-14-21-17-10-4-6-12-19(17)25(23)20-13-7-5-11-18(20)21)37-27-22-15-24-28(27)38-39(34,35)29(24)26(22)31(33)36-16-8-2-1-3-9-16/h1-13,21-29H,14-15H2. The van der Waals surface area contributed by atoms with Crippen LogP contribution < -0.4 is 4.74 Å². The van der Waals surface area contributed by atoms with E-state index in [1.54, 1.807) is 30.3 Å². The van der Waals surface area contributed by atoms with E-state index in [0.717, 1.165) is 11.1 Å². The minimum Gasteiger partial charge on any atom is -0.459 e. The second kappa shape index (κ2) is 8.26. The van der Waals surface area contributed by atoms with Crippen LogP contribution in [0.15, 0.2) is 78.9 Å². The zero-order valence-corrected chi connectivity index (χ0v) is 21.7. The van der Waals surface area contributed by atoms with Crippen LogP contribution in [0.25, 0.3) is 0 Å². The number of fused-ring (bicyclic) bond motifs is 2. The van der Waals surface area contributed by atoms with Crippen LogP contribution in [0.4, 0.5) is 0 Å². The molecule has 0 aromatic heterocycles. The van der Waals surface area contributed by atoms with Gasteiger partial charge in [0.05, 0.1) is 11.8 Å². The minimum atomic E-state index is -3.99. The Labute approximate surface area is 226 Å². The monoisotopic (exact) mass is 542 g/mol. The summed E-state index contributed by atoms with van der Waals surface area (Å²) in [6.07, 6.45) is -0.487. The lowest BCUT2D eigenvalue weighted by molar-refractivity contribution is -0.166. The molecule has 1 saturated heterocycles. The quantitative estimate of drug-likeness (QED) is 0.278. The maximum Gasteiger partial charge on any atom is 0.316 e. The lowest BCUT2D eigenvalue weighted by atomic mass is 9.59. The van der Waals surface area contributed by atoms with Crippen LogP contribution in [-0.4, -0.2) is 37.8 Å². The molecule has 3 aromatic carbocycles. The highest BCUT2D eigenvalue weighted by atomic mass is 32.2. The highest BCUT2D eigenvalue weighted by molar-refractivity contribution is 7.87. The highest BCUT2D eigenvalue weighted by Crippen LogP contribution is 2.60. The van der Waals surface area contributed by atoms with Crippen molar-refractivity contribution in [3.63, 3.8) is 0 Å². The summed E-state index contributed by atoms with van der Waals surface area (Å²) < 4.78 is 43.3. The summed E-state index contributed by atoms with van der Waals surface area (Å²) in [7, 11) is -3.99. The van der Waals surface area contributed by atoms with Gasteiger partial charge in [0.1, 0.15) is 23.2 Å². The predicted molar refractivity (Wildman–Crippen MR) is 139 cm³/mol. The normalized spacial score (nSPS) is 35.7. The molecule has 7 atom stereocenters. The van der Waals surface area contributed by atoms with Crippen molar-refractivity contribution in [1.29, 1.82) is 0 Å². The van der Waals surface area contributed by atoms with Gasteiger partial charge in [0.25, 0.3) is 10.1 Å². The largest absolute Gasteiger partial charge is 0.459 e. The molecular formula is C31H26O7S. The molecule has 5 aliphatic carbocycles. The van der Waals surface area contributed by atoms with Crippen molar-refractivity contribution in [3.8, 4) is 5.75 Å². The lowest BCUT2D eigenvalue weighted by Crippen LogP contribution is -2.48. The highest BCUT2D eigenvalue weighted by Gasteiger charge is 2.72. The molecule has 2 saturated carbocycles. The number of rotatable bonds is 4. The third kappa shape index (κ3) is 3.28. The van der Waals surface area contributed by atoms with Gasteiger partial charge in [0.2, 0.25) is 0 Å². The summed E-state index contributed by atoms with van der Waals surface area (Å²) in [5.41, 5.74) is 4.79. The van der Waals surface area contributed by atoms with E-state index in [2.05, 4.69) is 24.3 Å². The Kier molecular flexibility index (Phi) is 4.95. The van der Waals surface area contributed by atoms with Crippen LogP contribution in [-0.2, 0) is 28.6 Å². The maximum atomic E-state index is 13.9. The topological polar surface area (TPSA) is 96.0 Å². The number of benzene rings is 3. The fourth-order valence-electron chi connectivity index (χ4n) is 8.22. The first kappa shape index (κ1) is 23.4.